The van der Waals surface area contributed by atoms with Gasteiger partial charge in [0.25, 0.3) is 0 Å². The molecule has 2 rings (SSSR count). The first-order chi connectivity index (χ1) is 11.0. The van der Waals surface area contributed by atoms with Crippen LogP contribution in [0.3, 0.4) is 0 Å². The molecular formula is C16H18ClFN4O. The molecule has 1 aromatic carbocycles. The third kappa shape index (κ3) is 5.17. The monoisotopic (exact) mass is 336 g/mol. The van der Waals surface area contributed by atoms with Gasteiger partial charge in [-0.05, 0) is 23.6 Å². The Labute approximate surface area is 139 Å². The van der Waals surface area contributed by atoms with Gasteiger partial charge in [-0.2, -0.15) is 9.97 Å². The second kappa shape index (κ2) is 7.87. The minimum atomic E-state index is -0.526. The Bertz CT molecular complexity index is 676. The van der Waals surface area contributed by atoms with Gasteiger partial charge in [-0.15, -0.1) is 0 Å². The van der Waals surface area contributed by atoms with Crippen LogP contribution in [0.15, 0.2) is 35.6 Å². The molecule has 0 fully saturated rings. The molecule has 0 bridgehead atoms. The molecule has 0 saturated carbocycles. The highest BCUT2D eigenvalue weighted by molar-refractivity contribution is 6.30. The van der Waals surface area contributed by atoms with Crippen LogP contribution in [-0.2, 0) is 6.54 Å². The van der Waals surface area contributed by atoms with Crippen molar-refractivity contribution in [3.63, 3.8) is 0 Å². The molecule has 0 atom stereocenters. The number of anilines is 1. The highest BCUT2D eigenvalue weighted by atomic mass is 35.5. The van der Waals surface area contributed by atoms with Crippen LogP contribution in [0, 0.1) is 11.7 Å². The fourth-order valence-corrected chi connectivity index (χ4v) is 1.92. The summed E-state index contributed by atoms with van der Waals surface area (Å²) in [6.45, 7) is 4.40. The van der Waals surface area contributed by atoms with Gasteiger partial charge in [0, 0.05) is 24.8 Å². The number of oxime groups is 1. The number of benzene rings is 1. The van der Waals surface area contributed by atoms with E-state index >= 15 is 0 Å². The van der Waals surface area contributed by atoms with Gasteiger partial charge in [-0.25, -0.2) is 4.39 Å². The molecule has 1 aromatic heterocycles. The summed E-state index contributed by atoms with van der Waals surface area (Å²) >= 11 is 5.86. The van der Waals surface area contributed by atoms with Crippen molar-refractivity contribution in [3.8, 4) is 6.01 Å². The Morgan fingerprint density at radius 2 is 2.04 bits per heavy atom. The van der Waals surface area contributed by atoms with E-state index in [0.29, 0.717) is 11.6 Å². The second-order valence-corrected chi connectivity index (χ2v) is 5.83. The van der Waals surface area contributed by atoms with Crippen molar-refractivity contribution < 1.29 is 9.23 Å². The van der Waals surface area contributed by atoms with E-state index < -0.39 is 5.82 Å². The van der Waals surface area contributed by atoms with Crippen LogP contribution >= 0.6 is 11.6 Å². The molecule has 0 aliphatic carbocycles. The molecule has 2 aromatic rings. The van der Waals surface area contributed by atoms with Gasteiger partial charge in [-0.3, -0.25) is 0 Å². The van der Waals surface area contributed by atoms with Crippen molar-refractivity contribution >= 4 is 23.6 Å². The Morgan fingerprint density at radius 3 is 2.70 bits per heavy atom. The molecule has 122 valence electrons. The SMILES string of the molecule is CC(C)/C=N/Oc1ncc(F)c(N(C)Cc2ccc(Cl)cc2)n1. The fraction of sp³-hybridized carbons (Fsp3) is 0.312. The van der Waals surface area contributed by atoms with Gasteiger partial charge < -0.3 is 9.74 Å². The molecule has 0 amide bonds. The van der Waals surface area contributed by atoms with Gasteiger partial charge in [-0.1, -0.05) is 42.7 Å². The van der Waals surface area contributed by atoms with Crippen molar-refractivity contribution in [1.82, 2.24) is 9.97 Å². The first kappa shape index (κ1) is 17.1. The van der Waals surface area contributed by atoms with E-state index in [1.54, 1.807) is 30.3 Å². The van der Waals surface area contributed by atoms with Gasteiger partial charge in [0.05, 0.1) is 6.20 Å². The summed E-state index contributed by atoms with van der Waals surface area (Å²) in [5, 5.41) is 4.42. The summed E-state index contributed by atoms with van der Waals surface area (Å²) in [7, 11) is 1.74. The molecule has 0 aliphatic heterocycles. The number of nitrogens with zero attached hydrogens (tertiary/aromatic N) is 4. The smallest absolute Gasteiger partial charge is 0.347 e. The number of hydrogen-bond donors (Lipinski definition) is 0. The van der Waals surface area contributed by atoms with E-state index in [9.17, 15) is 4.39 Å². The fourth-order valence-electron chi connectivity index (χ4n) is 1.79. The second-order valence-electron chi connectivity index (χ2n) is 5.40. The zero-order valence-corrected chi connectivity index (χ0v) is 14.0. The molecular weight excluding hydrogens is 319 g/mol. The van der Waals surface area contributed by atoms with E-state index in [-0.39, 0.29) is 17.7 Å². The van der Waals surface area contributed by atoms with E-state index in [4.69, 9.17) is 16.4 Å². The molecule has 0 unspecified atom stereocenters. The topological polar surface area (TPSA) is 50.6 Å². The first-order valence-corrected chi connectivity index (χ1v) is 7.52. The largest absolute Gasteiger partial charge is 0.353 e. The summed E-state index contributed by atoms with van der Waals surface area (Å²) in [5.41, 5.74) is 0.982. The van der Waals surface area contributed by atoms with E-state index in [1.165, 1.54) is 0 Å². The maximum Gasteiger partial charge on any atom is 0.347 e. The summed E-state index contributed by atoms with van der Waals surface area (Å²) in [6.07, 6.45) is 2.69. The molecule has 0 aliphatic rings. The van der Waals surface area contributed by atoms with Crippen molar-refractivity contribution in [2.75, 3.05) is 11.9 Å². The maximum absolute atomic E-state index is 14.0. The number of hydrogen-bond acceptors (Lipinski definition) is 5. The summed E-state index contributed by atoms with van der Waals surface area (Å²) in [5.74, 6) is -0.145. The lowest BCUT2D eigenvalue weighted by Crippen LogP contribution is -2.19. The minimum Gasteiger partial charge on any atom is -0.353 e. The predicted molar refractivity (Wildman–Crippen MR) is 89.5 cm³/mol. The van der Waals surface area contributed by atoms with Crippen LogP contribution in [0.4, 0.5) is 10.2 Å². The highest BCUT2D eigenvalue weighted by Gasteiger charge is 2.13. The zero-order chi connectivity index (χ0) is 16.8. The van der Waals surface area contributed by atoms with Crippen molar-refractivity contribution in [3.05, 3.63) is 46.9 Å². The van der Waals surface area contributed by atoms with Crippen LogP contribution in [0.2, 0.25) is 5.02 Å². The van der Waals surface area contributed by atoms with Gasteiger partial charge in [0.15, 0.2) is 11.6 Å². The van der Waals surface area contributed by atoms with Crippen LogP contribution in [0.25, 0.3) is 0 Å². The average molecular weight is 337 g/mol. The summed E-state index contributed by atoms with van der Waals surface area (Å²) in [4.78, 5) is 14.6. The van der Waals surface area contributed by atoms with Crippen LogP contribution < -0.4 is 9.74 Å². The molecule has 1 heterocycles. The Hall–Kier alpha value is -2.21. The van der Waals surface area contributed by atoms with Gasteiger partial charge in [0.2, 0.25) is 0 Å². The molecule has 0 N–H and O–H groups in total. The highest BCUT2D eigenvalue weighted by Crippen LogP contribution is 2.20. The van der Waals surface area contributed by atoms with Crippen LogP contribution in [-0.4, -0.2) is 23.2 Å². The lowest BCUT2D eigenvalue weighted by Gasteiger charge is -2.18. The number of aromatic nitrogens is 2. The van der Waals surface area contributed by atoms with E-state index in [1.807, 2.05) is 26.0 Å². The normalized spacial score (nSPS) is 11.2. The minimum absolute atomic E-state index is 0.00116. The Kier molecular flexibility index (Phi) is 5.87. The molecule has 7 heteroatoms. The van der Waals surface area contributed by atoms with Crippen molar-refractivity contribution in [2.45, 2.75) is 20.4 Å². The van der Waals surface area contributed by atoms with Gasteiger partial charge in [0.1, 0.15) is 0 Å². The standard InChI is InChI=1S/C16H18ClFN4O/c1-11(2)8-20-23-16-19-9-14(18)15(21-16)22(3)10-12-4-6-13(17)7-5-12/h4-9,11H,10H2,1-3H3/b20-8+. The lowest BCUT2D eigenvalue weighted by atomic mass is 10.2. The van der Waals surface area contributed by atoms with Crippen molar-refractivity contribution in [2.24, 2.45) is 11.1 Å². The van der Waals surface area contributed by atoms with E-state index in [0.717, 1.165) is 11.8 Å². The van der Waals surface area contributed by atoms with Crippen LogP contribution in [0.1, 0.15) is 19.4 Å². The van der Waals surface area contributed by atoms with Crippen LogP contribution in [0.5, 0.6) is 6.01 Å². The first-order valence-electron chi connectivity index (χ1n) is 7.14. The maximum atomic E-state index is 14.0. The predicted octanol–water partition coefficient (Wildman–Crippen LogP) is 3.93. The number of rotatable bonds is 6. The molecule has 0 spiro atoms. The summed E-state index contributed by atoms with van der Waals surface area (Å²) in [6, 6.07) is 7.33. The molecule has 0 saturated heterocycles. The Morgan fingerprint density at radius 1 is 1.35 bits per heavy atom. The van der Waals surface area contributed by atoms with Gasteiger partial charge >= 0.3 is 6.01 Å². The quantitative estimate of drug-likeness (QED) is 0.592. The average Bonchev–Trinajstić information content (AvgIpc) is 2.51. The molecule has 5 nitrogen and oxygen atoms in total. The molecule has 0 radical (unpaired) electrons. The Balaban J connectivity index is 2.12. The third-order valence-corrected chi connectivity index (χ3v) is 3.14. The van der Waals surface area contributed by atoms with Crippen molar-refractivity contribution in [1.29, 1.82) is 0 Å². The zero-order valence-electron chi connectivity index (χ0n) is 13.2. The molecule has 23 heavy (non-hydrogen) atoms. The third-order valence-electron chi connectivity index (χ3n) is 2.89. The lowest BCUT2D eigenvalue weighted by molar-refractivity contribution is 0.311. The van der Waals surface area contributed by atoms with E-state index in [2.05, 4.69) is 15.1 Å². The number of halogens is 2. The summed E-state index contributed by atoms with van der Waals surface area (Å²) < 4.78 is 14.0.